The van der Waals surface area contributed by atoms with Gasteiger partial charge in [-0.1, -0.05) is 24.3 Å². The summed E-state index contributed by atoms with van der Waals surface area (Å²) < 4.78 is 52.3. The van der Waals surface area contributed by atoms with Gasteiger partial charge in [0.2, 0.25) is 0 Å². The summed E-state index contributed by atoms with van der Waals surface area (Å²) in [5.74, 6) is 0.442. The Hall–Kier alpha value is -2.32. The van der Waals surface area contributed by atoms with Gasteiger partial charge in [-0.25, -0.2) is 0 Å². The fraction of sp³-hybridized carbons (Fsp3) is 0.450. The van der Waals surface area contributed by atoms with Crippen LogP contribution in [0.25, 0.3) is 16.5 Å². The first-order valence-electron chi connectivity index (χ1n) is 9.18. The van der Waals surface area contributed by atoms with Gasteiger partial charge in [-0.2, -0.15) is 0 Å². The highest BCUT2D eigenvalue weighted by molar-refractivity contribution is 5.88. The number of nitrogens with zero attached hydrogens (tertiary/aromatic N) is 1. The summed E-state index contributed by atoms with van der Waals surface area (Å²) in [5, 5.41) is 7.96. The Labute approximate surface area is 160 Å². The molecule has 28 heavy (non-hydrogen) atoms. The van der Waals surface area contributed by atoms with Gasteiger partial charge in [-0.3, -0.25) is 4.74 Å². The van der Waals surface area contributed by atoms with E-state index in [1.165, 1.54) is 6.08 Å². The van der Waals surface area contributed by atoms with Crippen LogP contribution in [0.4, 0.5) is 13.2 Å². The summed E-state index contributed by atoms with van der Waals surface area (Å²) in [5.41, 5.74) is 2.46. The van der Waals surface area contributed by atoms with E-state index in [4.69, 9.17) is 9.26 Å². The van der Waals surface area contributed by atoms with E-state index in [-0.39, 0.29) is 11.8 Å². The van der Waals surface area contributed by atoms with Crippen molar-refractivity contribution in [1.82, 2.24) is 10.5 Å². The summed E-state index contributed by atoms with van der Waals surface area (Å²) in [6, 6.07) is 5.53. The van der Waals surface area contributed by atoms with Crippen LogP contribution in [0, 0.1) is 5.41 Å². The van der Waals surface area contributed by atoms with Gasteiger partial charge in [0, 0.05) is 12.0 Å². The molecule has 150 valence electrons. The quantitative estimate of drug-likeness (QED) is 0.752. The van der Waals surface area contributed by atoms with Gasteiger partial charge in [0.25, 0.3) is 5.88 Å². The molecule has 0 bridgehead atoms. The Morgan fingerprint density at radius 3 is 2.79 bits per heavy atom. The zero-order chi connectivity index (χ0) is 19.8. The fourth-order valence-corrected chi connectivity index (χ4v) is 3.42. The fourth-order valence-electron chi connectivity index (χ4n) is 3.42. The lowest BCUT2D eigenvalue weighted by molar-refractivity contribution is -0.335. The molecule has 1 unspecified atom stereocenters. The van der Waals surface area contributed by atoms with Crippen LogP contribution in [0.1, 0.15) is 24.8 Å². The number of nitrogens with one attached hydrogen (secondary N) is 1. The van der Waals surface area contributed by atoms with Crippen LogP contribution in [-0.4, -0.2) is 37.8 Å². The highest BCUT2D eigenvalue weighted by Crippen LogP contribution is 2.45. The van der Waals surface area contributed by atoms with E-state index in [1.54, 1.807) is 18.2 Å². The van der Waals surface area contributed by atoms with E-state index < -0.39 is 12.5 Å². The predicted octanol–water partition coefficient (Wildman–Crippen LogP) is 4.45. The molecule has 1 aromatic heterocycles. The second-order valence-corrected chi connectivity index (χ2v) is 7.37. The second-order valence-electron chi connectivity index (χ2n) is 7.37. The Morgan fingerprint density at radius 1 is 1.32 bits per heavy atom. The molecule has 1 heterocycles. The first-order chi connectivity index (χ1) is 13.4. The molecule has 2 aromatic rings. The maximum absolute atomic E-state index is 12.3. The largest absolute Gasteiger partial charge is 0.523 e. The number of aromatic nitrogens is 1. The van der Waals surface area contributed by atoms with Crippen molar-refractivity contribution in [3.8, 4) is 5.88 Å². The summed E-state index contributed by atoms with van der Waals surface area (Å²) in [7, 11) is 1.92. The van der Waals surface area contributed by atoms with Crippen LogP contribution in [-0.2, 0) is 4.74 Å². The minimum atomic E-state index is -4.64. The third kappa shape index (κ3) is 4.23. The van der Waals surface area contributed by atoms with Gasteiger partial charge in [0.15, 0.2) is 5.58 Å². The molecule has 1 fully saturated rings. The molecule has 1 N–H and O–H groups in total. The van der Waals surface area contributed by atoms with Crippen molar-refractivity contribution in [2.75, 3.05) is 20.2 Å². The zero-order valence-electron chi connectivity index (χ0n) is 15.4. The topological polar surface area (TPSA) is 56.5 Å². The molecule has 8 heteroatoms. The number of ether oxygens (including phenoxy) is 2. The third-order valence-electron chi connectivity index (χ3n) is 5.14. The van der Waals surface area contributed by atoms with E-state index >= 15 is 0 Å². The number of halogens is 3. The lowest BCUT2D eigenvalue weighted by atomic mass is 9.97. The highest BCUT2D eigenvalue weighted by Gasteiger charge is 2.43. The molecule has 0 spiro atoms. The Balaban J connectivity index is 1.48. The first-order valence-corrected chi connectivity index (χ1v) is 9.18. The molecule has 1 atom stereocenters. The van der Waals surface area contributed by atoms with E-state index in [0.717, 1.165) is 35.9 Å². The maximum Gasteiger partial charge on any atom is 0.523 e. The second kappa shape index (κ2) is 7.25. The number of hydrogen-bond acceptors (Lipinski definition) is 5. The number of benzene rings is 1. The van der Waals surface area contributed by atoms with Crippen LogP contribution in [0.3, 0.4) is 0 Å². The van der Waals surface area contributed by atoms with E-state index in [0.29, 0.717) is 18.1 Å². The number of allylic oxidation sites excluding steroid dienone is 2. The molecule has 4 rings (SSSR count). The van der Waals surface area contributed by atoms with Crippen LogP contribution in [0.5, 0.6) is 5.88 Å². The van der Waals surface area contributed by atoms with Crippen LogP contribution in [0.2, 0.25) is 0 Å². The van der Waals surface area contributed by atoms with Gasteiger partial charge in [0.05, 0.1) is 18.1 Å². The smallest absolute Gasteiger partial charge is 0.474 e. The van der Waals surface area contributed by atoms with Crippen molar-refractivity contribution in [3.05, 3.63) is 42.0 Å². The molecule has 2 aliphatic rings. The summed E-state index contributed by atoms with van der Waals surface area (Å²) in [4.78, 5) is 0. The van der Waals surface area contributed by atoms with Gasteiger partial charge < -0.3 is 14.6 Å². The SMILES string of the molecule is CNCC1(COc2noc3ccc(C4=CCC(OC(F)(F)F)C=C4)cc23)CC1. The lowest BCUT2D eigenvalue weighted by Gasteiger charge is -2.18. The molecule has 0 radical (unpaired) electrons. The zero-order valence-corrected chi connectivity index (χ0v) is 15.4. The summed E-state index contributed by atoms with van der Waals surface area (Å²) >= 11 is 0. The predicted molar refractivity (Wildman–Crippen MR) is 97.8 cm³/mol. The van der Waals surface area contributed by atoms with Crippen molar-refractivity contribution in [2.24, 2.45) is 5.41 Å². The van der Waals surface area contributed by atoms with Crippen molar-refractivity contribution in [2.45, 2.75) is 31.7 Å². The van der Waals surface area contributed by atoms with Gasteiger partial charge in [0.1, 0.15) is 0 Å². The normalized spacial score (nSPS) is 21.0. The van der Waals surface area contributed by atoms with Gasteiger partial charge in [-0.15, -0.1) is 13.2 Å². The van der Waals surface area contributed by atoms with Crippen molar-refractivity contribution in [3.63, 3.8) is 0 Å². The molecule has 0 amide bonds. The lowest BCUT2D eigenvalue weighted by Crippen LogP contribution is -2.25. The van der Waals surface area contributed by atoms with Crippen molar-refractivity contribution >= 4 is 16.5 Å². The summed E-state index contributed by atoms with van der Waals surface area (Å²) in [6.45, 7) is 1.46. The van der Waals surface area contributed by atoms with Crippen molar-refractivity contribution in [1.29, 1.82) is 0 Å². The van der Waals surface area contributed by atoms with Crippen LogP contribution < -0.4 is 10.1 Å². The number of rotatable bonds is 7. The molecule has 5 nitrogen and oxygen atoms in total. The minimum absolute atomic E-state index is 0.156. The van der Waals surface area contributed by atoms with E-state index in [2.05, 4.69) is 15.2 Å². The summed E-state index contributed by atoms with van der Waals surface area (Å²) in [6.07, 6.45) is 1.56. The molecule has 2 aliphatic carbocycles. The van der Waals surface area contributed by atoms with Crippen LogP contribution >= 0.6 is 0 Å². The van der Waals surface area contributed by atoms with Gasteiger partial charge >= 0.3 is 6.36 Å². The number of alkyl halides is 3. The average Bonchev–Trinajstić information content (AvgIpc) is 3.30. The first kappa shape index (κ1) is 19.0. The molecule has 0 saturated heterocycles. The monoisotopic (exact) mass is 394 g/mol. The number of fused-ring (bicyclic) bond motifs is 1. The van der Waals surface area contributed by atoms with E-state index in [9.17, 15) is 13.2 Å². The molecular formula is C20H21F3N2O3. The minimum Gasteiger partial charge on any atom is -0.474 e. The average molecular weight is 394 g/mol. The number of hydrogen-bond donors (Lipinski definition) is 1. The third-order valence-corrected chi connectivity index (χ3v) is 5.14. The van der Waals surface area contributed by atoms with E-state index in [1.807, 2.05) is 19.2 Å². The Kier molecular flexibility index (Phi) is 4.93. The molecule has 0 aliphatic heterocycles. The Morgan fingerprint density at radius 2 is 2.14 bits per heavy atom. The molecule has 1 saturated carbocycles. The Bertz CT molecular complexity index is 913. The van der Waals surface area contributed by atoms with Crippen molar-refractivity contribution < 1.29 is 27.2 Å². The van der Waals surface area contributed by atoms with Crippen LogP contribution in [0.15, 0.2) is 41.0 Å². The molecular weight excluding hydrogens is 373 g/mol. The highest BCUT2D eigenvalue weighted by atomic mass is 19.4. The maximum atomic E-state index is 12.3. The molecule has 1 aromatic carbocycles. The van der Waals surface area contributed by atoms with Gasteiger partial charge in [-0.05, 0) is 54.7 Å². The standard InChI is InChI=1S/C20H21F3N2O3/c1-24-11-19(8-9-19)12-26-18-16-10-14(4-7-17(16)28-25-18)13-2-5-15(6-3-13)27-20(21,22)23/h2-5,7,10,15,24H,6,8-9,11-12H2,1H3.